The monoisotopic (exact) mass is 303 g/mol. The zero-order chi connectivity index (χ0) is 14.7. The number of hydrogen-bond donors (Lipinski definition) is 1. The molecule has 0 unspecified atom stereocenters. The van der Waals surface area contributed by atoms with Gasteiger partial charge in [0.15, 0.2) is 0 Å². The summed E-state index contributed by atoms with van der Waals surface area (Å²) in [4.78, 5) is 15.7. The molecule has 1 aromatic carbocycles. The van der Waals surface area contributed by atoms with Crippen molar-refractivity contribution in [2.45, 2.75) is 13.0 Å². The van der Waals surface area contributed by atoms with Gasteiger partial charge in [0.2, 0.25) is 5.91 Å². The van der Waals surface area contributed by atoms with Crippen LogP contribution < -0.4 is 5.73 Å². The smallest absolute Gasteiger partial charge is 0.218 e. The summed E-state index contributed by atoms with van der Waals surface area (Å²) in [6, 6.07) is 8.61. The molecule has 1 aromatic heterocycles. The molecule has 1 saturated heterocycles. The number of hydrogen-bond acceptors (Lipinski definition) is 4. The molecule has 3 rings (SSSR count). The number of rotatable bonds is 5. The highest BCUT2D eigenvalue weighted by atomic mass is 32.1. The van der Waals surface area contributed by atoms with E-state index in [4.69, 9.17) is 5.73 Å². The average Bonchev–Trinajstić information content (AvgIpc) is 2.90. The first-order valence-electron chi connectivity index (χ1n) is 7.40. The van der Waals surface area contributed by atoms with Gasteiger partial charge in [-0.25, -0.2) is 0 Å². The fraction of sp³-hybridized carbons (Fsp3) is 0.438. The number of nitrogens with two attached hydrogens (primary N) is 1. The molecule has 2 heterocycles. The highest BCUT2D eigenvalue weighted by Gasteiger charge is 2.18. The van der Waals surface area contributed by atoms with Crippen molar-refractivity contribution in [3.63, 3.8) is 0 Å². The van der Waals surface area contributed by atoms with Crippen molar-refractivity contribution < 1.29 is 4.79 Å². The molecule has 2 N–H and O–H groups in total. The molecular weight excluding hydrogens is 282 g/mol. The third kappa shape index (κ3) is 3.61. The maximum absolute atomic E-state index is 10.8. The Morgan fingerprint density at radius 2 is 1.86 bits per heavy atom. The number of carbonyl (C=O) groups is 1. The number of thiophene rings is 1. The molecule has 0 atom stereocenters. The number of nitrogens with zero attached hydrogens (tertiary/aromatic N) is 2. The van der Waals surface area contributed by atoms with Gasteiger partial charge in [0.25, 0.3) is 0 Å². The minimum atomic E-state index is -0.206. The number of piperazine rings is 1. The number of benzene rings is 1. The summed E-state index contributed by atoms with van der Waals surface area (Å²) < 4.78 is 1.37. The number of amides is 1. The SMILES string of the molecule is NC(=O)CCN1CCN(Cc2csc3ccccc23)CC1. The predicted octanol–water partition coefficient (Wildman–Crippen LogP) is 1.89. The second-order valence-corrected chi connectivity index (χ2v) is 6.50. The van der Waals surface area contributed by atoms with E-state index in [1.54, 1.807) is 0 Å². The van der Waals surface area contributed by atoms with Crippen LogP contribution in [0.5, 0.6) is 0 Å². The van der Waals surface area contributed by atoms with Gasteiger partial charge in [0.1, 0.15) is 0 Å². The molecule has 21 heavy (non-hydrogen) atoms. The van der Waals surface area contributed by atoms with E-state index >= 15 is 0 Å². The van der Waals surface area contributed by atoms with Crippen molar-refractivity contribution in [2.24, 2.45) is 5.73 Å². The summed E-state index contributed by atoms with van der Waals surface area (Å²) in [6.45, 7) is 5.98. The lowest BCUT2D eigenvalue weighted by atomic mass is 10.1. The Morgan fingerprint density at radius 1 is 1.14 bits per heavy atom. The van der Waals surface area contributed by atoms with E-state index < -0.39 is 0 Å². The fourth-order valence-electron chi connectivity index (χ4n) is 2.84. The number of primary amides is 1. The van der Waals surface area contributed by atoms with Crippen molar-refractivity contribution in [1.29, 1.82) is 0 Å². The lowest BCUT2D eigenvalue weighted by molar-refractivity contribution is -0.118. The van der Waals surface area contributed by atoms with Crippen molar-refractivity contribution in [1.82, 2.24) is 9.80 Å². The van der Waals surface area contributed by atoms with Gasteiger partial charge < -0.3 is 10.6 Å². The summed E-state index contributed by atoms with van der Waals surface area (Å²) in [7, 11) is 0. The van der Waals surface area contributed by atoms with Gasteiger partial charge in [0.05, 0.1) is 0 Å². The van der Waals surface area contributed by atoms with Crippen LogP contribution in [0.3, 0.4) is 0 Å². The van der Waals surface area contributed by atoms with Crippen molar-refractivity contribution in [3.05, 3.63) is 35.2 Å². The van der Waals surface area contributed by atoms with Crippen molar-refractivity contribution in [2.75, 3.05) is 32.7 Å². The van der Waals surface area contributed by atoms with Crippen LogP contribution in [0.25, 0.3) is 10.1 Å². The molecule has 0 bridgehead atoms. The number of carbonyl (C=O) groups excluding carboxylic acids is 1. The first-order valence-corrected chi connectivity index (χ1v) is 8.28. The van der Waals surface area contributed by atoms with Crippen LogP contribution in [0.2, 0.25) is 0 Å². The first kappa shape index (κ1) is 14.5. The van der Waals surface area contributed by atoms with Crippen molar-refractivity contribution in [3.8, 4) is 0 Å². The maximum atomic E-state index is 10.8. The third-order valence-corrected chi connectivity index (χ3v) is 5.11. The maximum Gasteiger partial charge on any atom is 0.218 e. The van der Waals surface area contributed by atoms with E-state index in [9.17, 15) is 4.79 Å². The molecule has 0 aliphatic carbocycles. The fourth-order valence-corrected chi connectivity index (χ4v) is 3.79. The van der Waals surface area contributed by atoms with Crippen LogP contribution in [0.1, 0.15) is 12.0 Å². The second kappa shape index (κ2) is 6.56. The van der Waals surface area contributed by atoms with E-state index in [2.05, 4.69) is 39.4 Å². The Morgan fingerprint density at radius 3 is 2.62 bits per heavy atom. The lowest BCUT2D eigenvalue weighted by Gasteiger charge is -2.34. The summed E-state index contributed by atoms with van der Waals surface area (Å²) in [5.74, 6) is -0.206. The summed E-state index contributed by atoms with van der Waals surface area (Å²) in [6.07, 6.45) is 0.467. The Kier molecular flexibility index (Phi) is 4.53. The Balaban J connectivity index is 1.54. The van der Waals surface area contributed by atoms with E-state index in [0.29, 0.717) is 6.42 Å². The van der Waals surface area contributed by atoms with Gasteiger partial charge in [-0.05, 0) is 22.4 Å². The van der Waals surface area contributed by atoms with Gasteiger partial charge in [-0.15, -0.1) is 11.3 Å². The van der Waals surface area contributed by atoms with Gasteiger partial charge in [-0.2, -0.15) is 0 Å². The van der Waals surface area contributed by atoms with Gasteiger partial charge in [-0.3, -0.25) is 9.69 Å². The molecule has 2 aromatic rings. The van der Waals surface area contributed by atoms with E-state index in [-0.39, 0.29) is 5.91 Å². The molecule has 1 fully saturated rings. The predicted molar refractivity (Wildman–Crippen MR) is 87.4 cm³/mol. The summed E-state index contributed by atoms with van der Waals surface area (Å²) in [5.41, 5.74) is 6.64. The molecule has 0 spiro atoms. The topological polar surface area (TPSA) is 49.6 Å². The van der Waals surface area contributed by atoms with Crippen LogP contribution >= 0.6 is 11.3 Å². The van der Waals surface area contributed by atoms with E-state index in [1.807, 2.05) is 11.3 Å². The minimum absolute atomic E-state index is 0.206. The first-order chi connectivity index (χ1) is 10.2. The summed E-state index contributed by atoms with van der Waals surface area (Å²) >= 11 is 1.83. The van der Waals surface area contributed by atoms with Crippen LogP contribution in [0.15, 0.2) is 29.6 Å². The normalized spacial score (nSPS) is 17.3. The molecule has 1 aliphatic rings. The molecule has 0 saturated carbocycles. The summed E-state index contributed by atoms with van der Waals surface area (Å²) in [5, 5.41) is 3.67. The minimum Gasteiger partial charge on any atom is -0.370 e. The van der Waals surface area contributed by atoms with Crippen LogP contribution in [-0.4, -0.2) is 48.4 Å². The molecule has 112 valence electrons. The van der Waals surface area contributed by atoms with Gasteiger partial charge >= 0.3 is 0 Å². The largest absolute Gasteiger partial charge is 0.370 e. The molecule has 4 nitrogen and oxygen atoms in total. The molecular formula is C16H21N3OS. The van der Waals surface area contributed by atoms with Gasteiger partial charge in [0, 0.05) is 50.4 Å². The molecule has 5 heteroatoms. The number of fused-ring (bicyclic) bond motifs is 1. The van der Waals surface area contributed by atoms with Gasteiger partial charge in [-0.1, -0.05) is 18.2 Å². The third-order valence-electron chi connectivity index (χ3n) is 4.09. The standard InChI is InChI=1S/C16H21N3OS/c17-16(20)5-6-18-7-9-19(10-8-18)11-13-12-21-15-4-2-1-3-14(13)15/h1-4,12H,5-11H2,(H2,17,20). The zero-order valence-electron chi connectivity index (χ0n) is 12.1. The zero-order valence-corrected chi connectivity index (χ0v) is 12.9. The quantitative estimate of drug-likeness (QED) is 0.918. The highest BCUT2D eigenvalue weighted by Crippen LogP contribution is 2.26. The van der Waals surface area contributed by atoms with Crippen molar-refractivity contribution >= 4 is 27.3 Å². The van der Waals surface area contributed by atoms with E-state index in [1.165, 1.54) is 15.6 Å². The Labute approximate surface area is 129 Å². The van der Waals surface area contributed by atoms with Crippen LogP contribution in [0, 0.1) is 0 Å². The second-order valence-electron chi connectivity index (χ2n) is 5.59. The molecule has 1 aliphatic heterocycles. The molecule has 1 amide bonds. The Hall–Kier alpha value is -1.43. The van der Waals surface area contributed by atoms with Crippen LogP contribution in [0.4, 0.5) is 0 Å². The van der Waals surface area contributed by atoms with Crippen LogP contribution in [-0.2, 0) is 11.3 Å². The molecule has 0 radical (unpaired) electrons. The lowest BCUT2D eigenvalue weighted by Crippen LogP contribution is -2.46. The van der Waals surface area contributed by atoms with E-state index in [0.717, 1.165) is 39.3 Å². The highest BCUT2D eigenvalue weighted by molar-refractivity contribution is 7.17. The Bertz CT molecular complexity index is 617. The average molecular weight is 303 g/mol.